The van der Waals surface area contributed by atoms with Crippen LogP contribution in [0.25, 0.3) is 6.08 Å². The summed E-state index contributed by atoms with van der Waals surface area (Å²) < 4.78 is 0. The van der Waals surface area contributed by atoms with Crippen molar-refractivity contribution in [2.75, 3.05) is 16.8 Å². The summed E-state index contributed by atoms with van der Waals surface area (Å²) in [6.45, 7) is 5.10. The zero-order valence-electron chi connectivity index (χ0n) is 19.3. The zero-order chi connectivity index (χ0) is 24.2. The first-order valence-electron chi connectivity index (χ1n) is 11.2. The maximum atomic E-state index is 12.9. The van der Waals surface area contributed by atoms with Gasteiger partial charge in [-0.15, -0.1) is 0 Å². The Morgan fingerprint density at radius 2 is 1.71 bits per heavy atom. The fourth-order valence-electron chi connectivity index (χ4n) is 4.33. The smallest absolute Gasteiger partial charge is 0.354 e. The number of nitrogens with zero attached hydrogens (tertiary/aromatic N) is 1. The van der Waals surface area contributed by atoms with Gasteiger partial charge in [0.05, 0.1) is 5.57 Å². The van der Waals surface area contributed by atoms with Crippen LogP contribution >= 0.6 is 0 Å². The Labute approximate surface area is 199 Å². The van der Waals surface area contributed by atoms with Crippen LogP contribution in [0, 0.1) is 19.3 Å². The fraction of sp³-hybridized carbons (Fsp3) is 0.179. The quantitative estimate of drug-likeness (QED) is 0.339. The van der Waals surface area contributed by atoms with E-state index in [-0.39, 0.29) is 5.57 Å². The van der Waals surface area contributed by atoms with E-state index in [0.717, 1.165) is 36.3 Å². The Morgan fingerprint density at radius 1 is 1.00 bits per heavy atom. The second-order valence-corrected chi connectivity index (χ2v) is 8.55. The van der Waals surface area contributed by atoms with Gasteiger partial charge in [-0.3, -0.25) is 10.2 Å². The van der Waals surface area contributed by atoms with E-state index >= 15 is 0 Å². The van der Waals surface area contributed by atoms with Crippen LogP contribution in [-0.4, -0.2) is 29.2 Å². The van der Waals surface area contributed by atoms with Crippen molar-refractivity contribution in [3.63, 3.8) is 0 Å². The highest BCUT2D eigenvalue weighted by atomic mass is 16.4. The van der Waals surface area contributed by atoms with Gasteiger partial charge in [-0.25, -0.2) is 4.79 Å². The van der Waals surface area contributed by atoms with E-state index in [1.807, 2.05) is 24.3 Å². The third-order valence-electron chi connectivity index (χ3n) is 5.81. The third-order valence-corrected chi connectivity index (χ3v) is 5.81. The first-order valence-corrected chi connectivity index (χ1v) is 11.2. The van der Waals surface area contributed by atoms with Gasteiger partial charge in [0.2, 0.25) is 0 Å². The highest BCUT2D eigenvalue weighted by Gasteiger charge is 2.22. The summed E-state index contributed by atoms with van der Waals surface area (Å²) in [7, 11) is 0. The molecule has 1 amide bonds. The standard InChI is InChI=1S/C28H27N3O3/c1-18-13-19(2)15-23(14-18)31-12-6-7-21-16-20(10-11-25(21)31)17-24(26(29)28(33)34)27(32)30-22-8-4-3-5-9-22/h3-5,8-11,13-17,29H,6-7,12H2,1-2H3,(H,30,32)(H,33,34)/b24-17-,29-26?. The predicted octanol–water partition coefficient (Wildman–Crippen LogP) is 5.51. The number of para-hydroxylation sites is 1. The van der Waals surface area contributed by atoms with E-state index < -0.39 is 17.6 Å². The van der Waals surface area contributed by atoms with Crippen molar-refractivity contribution >= 4 is 40.7 Å². The number of amides is 1. The topological polar surface area (TPSA) is 93.5 Å². The highest BCUT2D eigenvalue weighted by molar-refractivity contribution is 6.50. The summed E-state index contributed by atoms with van der Waals surface area (Å²) >= 11 is 0. The average molecular weight is 454 g/mol. The Kier molecular flexibility index (Phi) is 6.59. The first-order chi connectivity index (χ1) is 16.3. The van der Waals surface area contributed by atoms with Gasteiger partial charge in [0.1, 0.15) is 0 Å². The van der Waals surface area contributed by atoms with Crippen LogP contribution in [0.1, 0.15) is 28.7 Å². The molecule has 0 saturated heterocycles. The first kappa shape index (κ1) is 23.0. The lowest BCUT2D eigenvalue weighted by Crippen LogP contribution is -2.25. The molecule has 0 aromatic heterocycles. The number of carbonyl (C=O) groups excluding carboxylic acids is 1. The molecule has 0 bridgehead atoms. The fourth-order valence-corrected chi connectivity index (χ4v) is 4.33. The molecule has 3 N–H and O–H groups in total. The molecule has 4 rings (SSSR count). The molecule has 1 aliphatic rings. The third kappa shape index (κ3) is 5.07. The van der Waals surface area contributed by atoms with Crippen LogP contribution in [0.15, 0.2) is 72.3 Å². The van der Waals surface area contributed by atoms with Gasteiger partial charge in [-0.2, -0.15) is 0 Å². The van der Waals surface area contributed by atoms with Crippen molar-refractivity contribution in [3.05, 3.63) is 94.6 Å². The monoisotopic (exact) mass is 453 g/mol. The average Bonchev–Trinajstić information content (AvgIpc) is 2.81. The van der Waals surface area contributed by atoms with Gasteiger partial charge in [0.15, 0.2) is 5.71 Å². The van der Waals surface area contributed by atoms with Gasteiger partial charge in [0.25, 0.3) is 5.91 Å². The largest absolute Gasteiger partial charge is 0.477 e. The molecule has 34 heavy (non-hydrogen) atoms. The molecule has 6 nitrogen and oxygen atoms in total. The van der Waals surface area contributed by atoms with Gasteiger partial charge in [-0.1, -0.05) is 30.3 Å². The SMILES string of the molecule is Cc1cc(C)cc(N2CCCc3cc(/C=C(/C(=N)C(=O)O)C(=O)Nc4ccccc4)ccc32)c1. The molecule has 0 unspecified atom stereocenters. The van der Waals surface area contributed by atoms with Gasteiger partial charge >= 0.3 is 5.97 Å². The molecule has 0 radical (unpaired) electrons. The number of anilines is 3. The maximum absolute atomic E-state index is 12.9. The van der Waals surface area contributed by atoms with Crippen molar-refractivity contribution in [1.29, 1.82) is 5.41 Å². The summed E-state index contributed by atoms with van der Waals surface area (Å²) in [4.78, 5) is 26.7. The molecule has 0 atom stereocenters. The summed E-state index contributed by atoms with van der Waals surface area (Å²) in [5, 5.41) is 20.1. The molecule has 3 aromatic rings. The second-order valence-electron chi connectivity index (χ2n) is 8.55. The zero-order valence-corrected chi connectivity index (χ0v) is 19.3. The molecule has 6 heteroatoms. The van der Waals surface area contributed by atoms with E-state index in [2.05, 4.69) is 42.3 Å². The molecule has 0 spiro atoms. The van der Waals surface area contributed by atoms with Crippen molar-refractivity contribution in [1.82, 2.24) is 0 Å². The molecule has 172 valence electrons. The molecule has 0 aliphatic carbocycles. The van der Waals surface area contributed by atoms with Gasteiger partial charge in [0, 0.05) is 23.6 Å². The number of carboxylic acid groups (broad SMARTS) is 1. The highest BCUT2D eigenvalue weighted by Crippen LogP contribution is 2.35. The Hall–Kier alpha value is -4.19. The molecular formula is C28H27N3O3. The minimum atomic E-state index is -1.45. The van der Waals surface area contributed by atoms with E-state index in [1.165, 1.54) is 17.2 Å². The molecular weight excluding hydrogens is 426 g/mol. The Bertz CT molecular complexity index is 1280. The lowest BCUT2D eigenvalue weighted by molar-refractivity contribution is -0.129. The number of hydrogen-bond acceptors (Lipinski definition) is 4. The normalized spacial score (nSPS) is 13.2. The van der Waals surface area contributed by atoms with Gasteiger partial charge < -0.3 is 15.3 Å². The lowest BCUT2D eigenvalue weighted by Gasteiger charge is -2.32. The number of carbonyl (C=O) groups is 2. The van der Waals surface area contributed by atoms with Crippen LogP contribution in [-0.2, 0) is 16.0 Å². The summed E-state index contributed by atoms with van der Waals surface area (Å²) in [6.07, 6.45) is 3.35. The van der Waals surface area contributed by atoms with E-state index in [4.69, 9.17) is 5.41 Å². The van der Waals surface area contributed by atoms with Gasteiger partial charge in [-0.05, 0) is 91.4 Å². The van der Waals surface area contributed by atoms with Crippen molar-refractivity contribution in [2.45, 2.75) is 26.7 Å². The predicted molar refractivity (Wildman–Crippen MR) is 136 cm³/mol. The van der Waals surface area contributed by atoms with Crippen LogP contribution in [0.2, 0.25) is 0 Å². The lowest BCUT2D eigenvalue weighted by atomic mass is 9.96. The molecule has 1 heterocycles. The number of aliphatic carboxylic acids is 1. The Balaban J connectivity index is 1.68. The second kappa shape index (κ2) is 9.75. The van der Waals surface area contributed by atoms with Crippen LogP contribution in [0.4, 0.5) is 17.1 Å². The number of nitrogens with one attached hydrogen (secondary N) is 2. The number of benzene rings is 3. The van der Waals surface area contributed by atoms with E-state index in [1.54, 1.807) is 24.3 Å². The number of hydrogen-bond donors (Lipinski definition) is 3. The Morgan fingerprint density at radius 3 is 2.38 bits per heavy atom. The van der Waals surface area contributed by atoms with Crippen LogP contribution < -0.4 is 10.2 Å². The molecule has 1 aliphatic heterocycles. The minimum Gasteiger partial charge on any atom is -0.477 e. The van der Waals surface area contributed by atoms with Crippen molar-refractivity contribution in [3.8, 4) is 0 Å². The van der Waals surface area contributed by atoms with E-state index in [9.17, 15) is 14.7 Å². The molecule has 0 saturated carbocycles. The van der Waals surface area contributed by atoms with Crippen LogP contribution in [0.5, 0.6) is 0 Å². The number of rotatable bonds is 6. The summed E-state index contributed by atoms with van der Waals surface area (Å²) in [6, 6.07) is 21.1. The molecule has 3 aromatic carbocycles. The maximum Gasteiger partial charge on any atom is 0.354 e. The number of fused-ring (bicyclic) bond motifs is 1. The van der Waals surface area contributed by atoms with Crippen molar-refractivity contribution < 1.29 is 14.7 Å². The van der Waals surface area contributed by atoms with E-state index in [0.29, 0.717) is 11.3 Å². The number of carboxylic acids is 1. The molecule has 0 fully saturated rings. The summed E-state index contributed by atoms with van der Waals surface area (Å²) in [5.41, 5.74) is 6.08. The van der Waals surface area contributed by atoms with Crippen LogP contribution in [0.3, 0.4) is 0 Å². The summed E-state index contributed by atoms with van der Waals surface area (Å²) in [5.74, 6) is -2.08. The number of aryl methyl sites for hydroxylation is 3. The minimum absolute atomic E-state index is 0.196. The van der Waals surface area contributed by atoms with Crippen molar-refractivity contribution in [2.24, 2.45) is 0 Å².